The molecule has 1 aromatic carbocycles. The maximum Gasteiger partial charge on any atom is 0.164 e. The van der Waals surface area contributed by atoms with Crippen LogP contribution < -0.4 is 0 Å². The zero-order valence-electron chi connectivity index (χ0n) is 12.6. The van der Waals surface area contributed by atoms with Crippen LogP contribution in [0.4, 0.5) is 4.39 Å². The molecule has 0 amide bonds. The fourth-order valence-electron chi connectivity index (χ4n) is 3.92. The number of carbonyl (C=O) groups is 1. The van der Waals surface area contributed by atoms with Gasteiger partial charge < -0.3 is 4.90 Å². The first-order valence-corrected chi connectivity index (χ1v) is 8.18. The summed E-state index contributed by atoms with van der Waals surface area (Å²) in [5.74, 6) is -0.166. The molecule has 0 bridgehead atoms. The number of halogens is 1. The molecule has 3 heteroatoms. The van der Waals surface area contributed by atoms with E-state index in [9.17, 15) is 9.18 Å². The Bertz CT molecular complexity index is 480. The molecule has 1 aliphatic carbocycles. The molecule has 1 aromatic rings. The summed E-state index contributed by atoms with van der Waals surface area (Å²) < 4.78 is 12.9. The van der Waals surface area contributed by atoms with E-state index in [1.54, 1.807) is 12.1 Å². The molecule has 1 aliphatic heterocycles. The second-order valence-corrected chi connectivity index (χ2v) is 6.73. The first-order valence-electron chi connectivity index (χ1n) is 8.18. The van der Waals surface area contributed by atoms with Crippen molar-refractivity contribution >= 4 is 5.78 Å². The van der Waals surface area contributed by atoms with Gasteiger partial charge >= 0.3 is 0 Å². The lowest BCUT2D eigenvalue weighted by molar-refractivity contribution is 0.0888. The van der Waals surface area contributed by atoms with E-state index in [0.29, 0.717) is 17.4 Å². The van der Waals surface area contributed by atoms with E-state index in [2.05, 4.69) is 4.90 Å². The molecule has 0 atom stereocenters. The maximum atomic E-state index is 12.9. The summed E-state index contributed by atoms with van der Waals surface area (Å²) in [5.41, 5.74) is 1.26. The molecular formula is C18H24FNO. The van der Waals surface area contributed by atoms with Crippen molar-refractivity contribution in [3.63, 3.8) is 0 Å². The number of piperidine rings is 1. The van der Waals surface area contributed by atoms with Crippen molar-refractivity contribution in [3.8, 4) is 0 Å². The first kappa shape index (κ1) is 14.7. The number of carbonyl (C=O) groups excluding carboxylic acids is 1. The lowest BCUT2D eigenvalue weighted by atomic mass is 9.77. The van der Waals surface area contributed by atoms with Gasteiger partial charge in [-0.3, -0.25) is 4.79 Å². The predicted octanol–water partition coefficient (Wildman–Crippen LogP) is 4.05. The van der Waals surface area contributed by atoms with Gasteiger partial charge in [-0.1, -0.05) is 12.8 Å². The molecule has 3 rings (SSSR count). The van der Waals surface area contributed by atoms with Crippen LogP contribution in [0.5, 0.6) is 0 Å². The van der Waals surface area contributed by atoms with Crippen LogP contribution in [0.2, 0.25) is 0 Å². The van der Waals surface area contributed by atoms with E-state index < -0.39 is 0 Å². The fourth-order valence-corrected chi connectivity index (χ4v) is 3.92. The van der Waals surface area contributed by atoms with Crippen LogP contribution in [-0.2, 0) is 0 Å². The molecule has 1 spiro atoms. The summed E-state index contributed by atoms with van der Waals surface area (Å²) in [6.07, 6.45) is 8.78. The molecule has 2 nitrogen and oxygen atoms in total. The fraction of sp³-hybridized carbons (Fsp3) is 0.611. The van der Waals surface area contributed by atoms with E-state index in [4.69, 9.17) is 0 Å². The Morgan fingerprint density at radius 2 is 1.67 bits per heavy atom. The second-order valence-electron chi connectivity index (χ2n) is 6.73. The highest BCUT2D eigenvalue weighted by Crippen LogP contribution is 2.46. The van der Waals surface area contributed by atoms with Crippen molar-refractivity contribution in [2.24, 2.45) is 5.41 Å². The van der Waals surface area contributed by atoms with Gasteiger partial charge in [-0.05, 0) is 68.5 Å². The molecule has 2 aliphatic rings. The number of benzene rings is 1. The zero-order chi connectivity index (χ0) is 14.7. The van der Waals surface area contributed by atoms with Crippen molar-refractivity contribution in [1.82, 2.24) is 4.90 Å². The highest BCUT2D eigenvalue weighted by atomic mass is 19.1. The number of Topliss-reactive ketones (excluding diaryl/α,β-unsaturated/α-hetero) is 1. The number of hydrogen-bond acceptors (Lipinski definition) is 2. The maximum absolute atomic E-state index is 12.9. The third-order valence-electron chi connectivity index (χ3n) is 5.40. The molecule has 0 unspecified atom stereocenters. The summed E-state index contributed by atoms with van der Waals surface area (Å²) in [6.45, 7) is 3.11. The Morgan fingerprint density at radius 1 is 1.05 bits per heavy atom. The predicted molar refractivity (Wildman–Crippen MR) is 81.9 cm³/mol. The molecular weight excluding hydrogens is 265 g/mol. The monoisotopic (exact) mass is 289 g/mol. The Balaban J connectivity index is 1.45. The van der Waals surface area contributed by atoms with Gasteiger partial charge in [0.05, 0.1) is 0 Å². The summed E-state index contributed by atoms with van der Waals surface area (Å²) in [4.78, 5) is 14.5. The van der Waals surface area contributed by atoms with Gasteiger partial charge in [0, 0.05) is 18.5 Å². The molecule has 1 saturated carbocycles. The Labute approximate surface area is 126 Å². The van der Waals surface area contributed by atoms with Crippen molar-refractivity contribution in [1.29, 1.82) is 0 Å². The van der Waals surface area contributed by atoms with Crippen LogP contribution >= 0.6 is 0 Å². The highest BCUT2D eigenvalue weighted by molar-refractivity contribution is 5.96. The zero-order valence-corrected chi connectivity index (χ0v) is 12.6. The van der Waals surface area contributed by atoms with Gasteiger partial charge in [0.25, 0.3) is 0 Å². The standard InChI is InChI=1S/C18H24FNO/c19-16-5-3-15(4-6-16)17(21)7-12-20-13-10-18(11-14-20)8-1-2-9-18/h3-6H,1-2,7-14H2. The van der Waals surface area contributed by atoms with Gasteiger partial charge in [-0.25, -0.2) is 4.39 Å². The molecule has 0 radical (unpaired) electrons. The number of hydrogen-bond donors (Lipinski definition) is 0. The van der Waals surface area contributed by atoms with E-state index in [0.717, 1.165) is 19.6 Å². The minimum atomic E-state index is -0.288. The average Bonchev–Trinajstić information content (AvgIpc) is 2.95. The molecule has 1 heterocycles. The molecule has 21 heavy (non-hydrogen) atoms. The van der Waals surface area contributed by atoms with Crippen molar-refractivity contribution in [2.45, 2.75) is 44.9 Å². The largest absolute Gasteiger partial charge is 0.303 e. The van der Waals surface area contributed by atoms with Crippen LogP contribution in [0.3, 0.4) is 0 Å². The normalized spacial score (nSPS) is 21.8. The molecule has 0 aromatic heterocycles. The van der Waals surface area contributed by atoms with E-state index in [1.807, 2.05) is 0 Å². The number of likely N-dealkylation sites (tertiary alicyclic amines) is 1. The van der Waals surface area contributed by atoms with Gasteiger partial charge in [0.1, 0.15) is 5.82 Å². The smallest absolute Gasteiger partial charge is 0.164 e. The molecule has 114 valence electrons. The van der Waals surface area contributed by atoms with Crippen LogP contribution in [0, 0.1) is 11.2 Å². The highest BCUT2D eigenvalue weighted by Gasteiger charge is 2.36. The third kappa shape index (κ3) is 3.52. The molecule has 2 fully saturated rings. The summed E-state index contributed by atoms with van der Waals surface area (Å²) in [5, 5.41) is 0. The van der Waals surface area contributed by atoms with E-state index in [1.165, 1.54) is 50.7 Å². The van der Waals surface area contributed by atoms with Crippen molar-refractivity contribution in [3.05, 3.63) is 35.6 Å². The molecule has 1 saturated heterocycles. The van der Waals surface area contributed by atoms with Gasteiger partial charge in [0.15, 0.2) is 5.78 Å². The number of rotatable bonds is 4. The van der Waals surface area contributed by atoms with Gasteiger partial charge in [-0.15, -0.1) is 0 Å². The number of nitrogens with zero attached hydrogens (tertiary/aromatic N) is 1. The lowest BCUT2D eigenvalue weighted by Gasteiger charge is -2.39. The third-order valence-corrected chi connectivity index (χ3v) is 5.40. The quantitative estimate of drug-likeness (QED) is 0.779. The van der Waals surface area contributed by atoms with Crippen molar-refractivity contribution < 1.29 is 9.18 Å². The molecule has 0 N–H and O–H groups in total. The van der Waals surface area contributed by atoms with Crippen molar-refractivity contribution in [2.75, 3.05) is 19.6 Å². The second kappa shape index (κ2) is 6.27. The van der Waals surface area contributed by atoms with E-state index >= 15 is 0 Å². The average molecular weight is 289 g/mol. The topological polar surface area (TPSA) is 20.3 Å². The lowest BCUT2D eigenvalue weighted by Crippen LogP contribution is -2.39. The van der Waals surface area contributed by atoms with Crippen LogP contribution in [0.15, 0.2) is 24.3 Å². The van der Waals surface area contributed by atoms with Crippen LogP contribution in [-0.4, -0.2) is 30.3 Å². The Morgan fingerprint density at radius 3 is 2.29 bits per heavy atom. The Kier molecular flexibility index (Phi) is 4.39. The number of ketones is 1. The van der Waals surface area contributed by atoms with Crippen LogP contribution in [0.25, 0.3) is 0 Å². The van der Waals surface area contributed by atoms with E-state index in [-0.39, 0.29) is 11.6 Å². The van der Waals surface area contributed by atoms with Gasteiger partial charge in [0.2, 0.25) is 0 Å². The summed E-state index contributed by atoms with van der Waals surface area (Å²) >= 11 is 0. The first-order chi connectivity index (χ1) is 10.2. The summed E-state index contributed by atoms with van der Waals surface area (Å²) in [6, 6.07) is 5.89. The minimum absolute atomic E-state index is 0.121. The Hall–Kier alpha value is -1.22. The van der Waals surface area contributed by atoms with Gasteiger partial charge in [-0.2, -0.15) is 0 Å². The summed E-state index contributed by atoms with van der Waals surface area (Å²) in [7, 11) is 0. The SMILES string of the molecule is O=C(CCN1CCC2(CCCC2)CC1)c1ccc(F)cc1. The van der Waals surface area contributed by atoms with Crippen LogP contribution in [0.1, 0.15) is 55.3 Å². The minimum Gasteiger partial charge on any atom is -0.303 e.